The number of morpholine rings is 1. The molecule has 1 aromatic carbocycles. The van der Waals surface area contributed by atoms with Crippen LogP contribution < -0.4 is 0 Å². The van der Waals surface area contributed by atoms with E-state index in [1.54, 1.807) is 11.3 Å². The van der Waals surface area contributed by atoms with Crippen LogP contribution in [0.5, 0.6) is 0 Å². The Hall–Kier alpha value is -1.46. The van der Waals surface area contributed by atoms with Gasteiger partial charge in [0.15, 0.2) is 0 Å². The minimum atomic E-state index is 0.187. The predicted molar refractivity (Wildman–Crippen MR) is 79.9 cm³/mol. The van der Waals surface area contributed by atoms with Crippen molar-refractivity contribution < 1.29 is 9.53 Å². The number of hydrogen-bond donors (Lipinski definition) is 0. The van der Waals surface area contributed by atoms with Crippen molar-refractivity contribution in [3.8, 4) is 0 Å². The van der Waals surface area contributed by atoms with Gasteiger partial charge in [-0.05, 0) is 19.1 Å². The van der Waals surface area contributed by atoms with E-state index < -0.39 is 0 Å². The molecule has 1 aromatic heterocycles. The quantitative estimate of drug-likeness (QED) is 0.872. The zero-order valence-corrected chi connectivity index (χ0v) is 12.4. The lowest BCUT2D eigenvalue weighted by molar-refractivity contribution is -0.139. The van der Waals surface area contributed by atoms with Crippen LogP contribution in [-0.2, 0) is 16.0 Å². The first-order chi connectivity index (χ1) is 9.74. The average Bonchev–Trinajstić information content (AvgIpc) is 2.88. The summed E-state index contributed by atoms with van der Waals surface area (Å²) in [4.78, 5) is 18.7. The standard InChI is InChI=1S/C15H18N2O2S/c1-11-10-19-9-8-17(11)15(18)7-6-14-16-12-4-2-3-5-13(12)20-14/h2-5,11H,6-10H2,1H3/t11-/m0/s1. The molecule has 0 unspecified atom stereocenters. The number of carbonyl (C=O) groups excluding carboxylic acids is 1. The van der Waals surface area contributed by atoms with Crippen LogP contribution in [0.3, 0.4) is 0 Å². The zero-order valence-electron chi connectivity index (χ0n) is 11.5. The largest absolute Gasteiger partial charge is 0.377 e. The summed E-state index contributed by atoms with van der Waals surface area (Å²) in [5.41, 5.74) is 1.03. The number of aromatic nitrogens is 1. The summed E-state index contributed by atoms with van der Waals surface area (Å²) in [5.74, 6) is 0.208. The molecule has 1 aliphatic rings. The number of fused-ring (bicyclic) bond motifs is 1. The van der Waals surface area contributed by atoms with Crippen LogP contribution in [0.2, 0.25) is 0 Å². The minimum absolute atomic E-state index is 0.187. The number of para-hydroxylation sites is 1. The monoisotopic (exact) mass is 290 g/mol. The molecule has 20 heavy (non-hydrogen) atoms. The number of rotatable bonds is 3. The molecule has 3 rings (SSSR count). The third-order valence-corrected chi connectivity index (χ3v) is 4.68. The second kappa shape index (κ2) is 5.89. The highest BCUT2D eigenvalue weighted by Crippen LogP contribution is 2.22. The van der Waals surface area contributed by atoms with Crippen molar-refractivity contribution >= 4 is 27.5 Å². The van der Waals surface area contributed by atoms with Crippen molar-refractivity contribution in [1.29, 1.82) is 0 Å². The maximum absolute atomic E-state index is 12.2. The number of benzene rings is 1. The van der Waals surface area contributed by atoms with Gasteiger partial charge in [-0.2, -0.15) is 0 Å². The second-order valence-corrected chi connectivity index (χ2v) is 6.20. The lowest BCUT2D eigenvalue weighted by Gasteiger charge is -2.33. The first-order valence-electron chi connectivity index (χ1n) is 6.96. The van der Waals surface area contributed by atoms with Crippen molar-refractivity contribution in [2.75, 3.05) is 19.8 Å². The summed E-state index contributed by atoms with van der Waals surface area (Å²) in [6.45, 7) is 4.04. The second-order valence-electron chi connectivity index (χ2n) is 5.09. The summed E-state index contributed by atoms with van der Waals surface area (Å²) >= 11 is 1.68. The van der Waals surface area contributed by atoms with Crippen LogP contribution in [0.25, 0.3) is 10.2 Å². The molecule has 5 heteroatoms. The van der Waals surface area contributed by atoms with Gasteiger partial charge in [-0.25, -0.2) is 4.98 Å². The Kier molecular flexibility index (Phi) is 3.98. The van der Waals surface area contributed by atoms with Crippen molar-refractivity contribution in [2.45, 2.75) is 25.8 Å². The Morgan fingerprint density at radius 2 is 2.35 bits per heavy atom. The fourth-order valence-electron chi connectivity index (χ4n) is 2.48. The normalized spacial score (nSPS) is 19.4. The molecule has 1 aliphatic heterocycles. The molecular weight excluding hydrogens is 272 g/mol. The van der Waals surface area contributed by atoms with Gasteiger partial charge in [0.05, 0.1) is 34.5 Å². The molecule has 0 aliphatic carbocycles. The number of hydrogen-bond acceptors (Lipinski definition) is 4. The Morgan fingerprint density at radius 1 is 1.50 bits per heavy atom. The summed E-state index contributed by atoms with van der Waals surface area (Å²) in [7, 11) is 0. The molecule has 0 N–H and O–H groups in total. The van der Waals surface area contributed by atoms with Gasteiger partial charge in [0.1, 0.15) is 0 Å². The first kappa shape index (κ1) is 13.5. The summed E-state index contributed by atoms with van der Waals surface area (Å²) < 4.78 is 6.55. The van der Waals surface area contributed by atoms with E-state index in [1.807, 2.05) is 30.0 Å². The fraction of sp³-hybridized carbons (Fsp3) is 0.467. The molecule has 4 nitrogen and oxygen atoms in total. The van der Waals surface area contributed by atoms with E-state index in [4.69, 9.17) is 4.74 Å². The zero-order chi connectivity index (χ0) is 13.9. The molecule has 0 saturated carbocycles. The molecule has 0 spiro atoms. The predicted octanol–water partition coefficient (Wildman–Crippen LogP) is 2.48. The lowest BCUT2D eigenvalue weighted by Crippen LogP contribution is -2.47. The van der Waals surface area contributed by atoms with Crippen LogP contribution in [0, 0.1) is 0 Å². The van der Waals surface area contributed by atoms with Gasteiger partial charge in [0.25, 0.3) is 0 Å². The van der Waals surface area contributed by atoms with Gasteiger partial charge in [0, 0.05) is 19.4 Å². The van der Waals surface area contributed by atoms with Gasteiger partial charge in [-0.3, -0.25) is 4.79 Å². The van der Waals surface area contributed by atoms with Crippen molar-refractivity contribution in [2.24, 2.45) is 0 Å². The summed E-state index contributed by atoms with van der Waals surface area (Å²) in [5, 5.41) is 1.04. The summed E-state index contributed by atoms with van der Waals surface area (Å²) in [6.07, 6.45) is 1.26. The van der Waals surface area contributed by atoms with Crippen LogP contribution in [-0.4, -0.2) is 41.6 Å². The average molecular weight is 290 g/mol. The summed E-state index contributed by atoms with van der Waals surface area (Å²) in [6, 6.07) is 8.28. The number of thiazole rings is 1. The minimum Gasteiger partial charge on any atom is -0.377 e. The maximum Gasteiger partial charge on any atom is 0.223 e. The Balaban J connectivity index is 1.62. The molecule has 0 radical (unpaired) electrons. The smallest absolute Gasteiger partial charge is 0.223 e. The Labute approximate surface area is 122 Å². The molecule has 106 valence electrons. The van der Waals surface area contributed by atoms with E-state index in [-0.39, 0.29) is 11.9 Å². The molecule has 2 aromatic rings. The van der Waals surface area contributed by atoms with E-state index in [0.29, 0.717) is 26.2 Å². The topological polar surface area (TPSA) is 42.4 Å². The molecular formula is C15H18N2O2S. The number of aryl methyl sites for hydroxylation is 1. The molecule has 2 heterocycles. The van der Waals surface area contributed by atoms with E-state index >= 15 is 0 Å². The van der Waals surface area contributed by atoms with Crippen molar-refractivity contribution in [3.05, 3.63) is 29.3 Å². The molecule has 0 bridgehead atoms. The number of ether oxygens (including phenoxy) is 1. The SMILES string of the molecule is C[C@H]1COCCN1C(=O)CCc1nc2ccccc2s1. The highest BCUT2D eigenvalue weighted by atomic mass is 32.1. The van der Waals surface area contributed by atoms with E-state index in [9.17, 15) is 4.79 Å². The van der Waals surface area contributed by atoms with Crippen LogP contribution in [0.15, 0.2) is 24.3 Å². The van der Waals surface area contributed by atoms with Crippen molar-refractivity contribution in [1.82, 2.24) is 9.88 Å². The molecule has 1 saturated heterocycles. The lowest BCUT2D eigenvalue weighted by atomic mass is 10.2. The van der Waals surface area contributed by atoms with Gasteiger partial charge < -0.3 is 9.64 Å². The Morgan fingerprint density at radius 3 is 3.15 bits per heavy atom. The van der Waals surface area contributed by atoms with E-state index in [2.05, 4.69) is 11.1 Å². The molecule has 1 amide bonds. The van der Waals surface area contributed by atoms with Gasteiger partial charge in [-0.15, -0.1) is 11.3 Å². The third kappa shape index (κ3) is 2.83. The molecule has 1 fully saturated rings. The Bertz CT molecular complexity index is 578. The number of carbonyl (C=O) groups is 1. The van der Waals surface area contributed by atoms with E-state index in [1.165, 1.54) is 4.70 Å². The molecule has 1 atom stereocenters. The first-order valence-corrected chi connectivity index (χ1v) is 7.77. The van der Waals surface area contributed by atoms with Crippen molar-refractivity contribution in [3.63, 3.8) is 0 Å². The van der Waals surface area contributed by atoms with Gasteiger partial charge >= 0.3 is 0 Å². The fourth-order valence-corrected chi connectivity index (χ4v) is 3.45. The number of amides is 1. The maximum atomic E-state index is 12.2. The van der Waals surface area contributed by atoms with Crippen LogP contribution in [0.4, 0.5) is 0 Å². The van der Waals surface area contributed by atoms with E-state index in [0.717, 1.165) is 16.9 Å². The highest BCUT2D eigenvalue weighted by molar-refractivity contribution is 7.18. The van der Waals surface area contributed by atoms with Crippen LogP contribution in [0.1, 0.15) is 18.4 Å². The van der Waals surface area contributed by atoms with Crippen LogP contribution >= 0.6 is 11.3 Å². The highest BCUT2D eigenvalue weighted by Gasteiger charge is 2.23. The number of nitrogens with zero attached hydrogens (tertiary/aromatic N) is 2. The van der Waals surface area contributed by atoms with Gasteiger partial charge in [-0.1, -0.05) is 12.1 Å². The third-order valence-electron chi connectivity index (χ3n) is 3.58. The van der Waals surface area contributed by atoms with Gasteiger partial charge in [0.2, 0.25) is 5.91 Å².